The fourth-order valence-electron chi connectivity index (χ4n) is 1.26. The van der Waals surface area contributed by atoms with Gasteiger partial charge in [-0.2, -0.15) is 0 Å². The second-order valence-electron chi connectivity index (χ2n) is 3.14. The fourth-order valence-corrected chi connectivity index (χ4v) is 1.94. The van der Waals surface area contributed by atoms with E-state index in [4.69, 9.17) is 10.8 Å². The second kappa shape index (κ2) is 5.72. The van der Waals surface area contributed by atoms with Crippen molar-refractivity contribution in [1.82, 2.24) is 4.98 Å². The topological polar surface area (TPSA) is 76.2 Å². The smallest absolute Gasteiger partial charge is 0.306 e. The van der Waals surface area contributed by atoms with Crippen molar-refractivity contribution in [3.63, 3.8) is 0 Å². The van der Waals surface area contributed by atoms with Crippen molar-refractivity contribution in [2.24, 2.45) is 11.7 Å². The summed E-state index contributed by atoms with van der Waals surface area (Å²) in [5.74, 6) is -1.06. The van der Waals surface area contributed by atoms with E-state index in [9.17, 15) is 4.79 Å². The molecule has 5 heteroatoms. The van der Waals surface area contributed by atoms with E-state index < -0.39 is 5.97 Å². The molecular formula is C9H14N2O2S. The molecule has 0 aliphatic rings. The highest BCUT2D eigenvalue weighted by Gasteiger charge is 2.17. The van der Waals surface area contributed by atoms with Crippen LogP contribution < -0.4 is 5.73 Å². The van der Waals surface area contributed by atoms with E-state index in [1.54, 1.807) is 11.7 Å². The van der Waals surface area contributed by atoms with Crippen LogP contribution in [-0.2, 0) is 11.2 Å². The Morgan fingerprint density at radius 2 is 2.50 bits per heavy atom. The van der Waals surface area contributed by atoms with Crippen molar-refractivity contribution in [2.45, 2.75) is 19.3 Å². The van der Waals surface area contributed by atoms with Gasteiger partial charge in [-0.05, 0) is 25.8 Å². The zero-order valence-corrected chi connectivity index (χ0v) is 8.67. The second-order valence-corrected chi connectivity index (χ2v) is 4.11. The van der Waals surface area contributed by atoms with Crippen molar-refractivity contribution in [3.8, 4) is 0 Å². The third-order valence-corrected chi connectivity index (χ3v) is 2.84. The number of nitrogens with zero attached hydrogens (tertiary/aromatic N) is 1. The van der Waals surface area contributed by atoms with Crippen LogP contribution in [0.3, 0.4) is 0 Å². The van der Waals surface area contributed by atoms with Gasteiger partial charge in [0.1, 0.15) is 0 Å². The van der Waals surface area contributed by atoms with Gasteiger partial charge < -0.3 is 10.8 Å². The van der Waals surface area contributed by atoms with Gasteiger partial charge in [0.15, 0.2) is 0 Å². The number of aromatic nitrogens is 1. The number of nitrogens with two attached hydrogens (primary N) is 1. The summed E-state index contributed by atoms with van der Waals surface area (Å²) in [6.07, 6.45) is 3.70. The standard InChI is InChI=1S/C9H14N2O2S/c10-3-1-2-7(9(12)13)4-8-5-11-6-14-8/h5-7H,1-4,10H2,(H,12,13). The molecule has 0 aliphatic heterocycles. The summed E-state index contributed by atoms with van der Waals surface area (Å²) in [6.45, 7) is 0.548. The molecule has 0 aliphatic carbocycles. The van der Waals surface area contributed by atoms with E-state index in [2.05, 4.69) is 4.98 Å². The SMILES string of the molecule is NCCCC(Cc1cncs1)C(=O)O. The Bertz CT molecular complexity index is 274. The van der Waals surface area contributed by atoms with Crippen LogP contribution in [0.4, 0.5) is 0 Å². The molecule has 14 heavy (non-hydrogen) atoms. The number of rotatable bonds is 6. The first kappa shape index (κ1) is 11.1. The van der Waals surface area contributed by atoms with Crippen molar-refractivity contribution < 1.29 is 9.90 Å². The Kier molecular flexibility index (Phi) is 4.55. The zero-order valence-electron chi connectivity index (χ0n) is 7.85. The summed E-state index contributed by atoms with van der Waals surface area (Å²) in [6, 6.07) is 0. The van der Waals surface area contributed by atoms with Gasteiger partial charge >= 0.3 is 5.97 Å². The van der Waals surface area contributed by atoms with Gasteiger partial charge in [0.2, 0.25) is 0 Å². The van der Waals surface area contributed by atoms with Crippen LogP contribution in [0.15, 0.2) is 11.7 Å². The predicted octanol–water partition coefficient (Wildman–Crippen LogP) is 1.13. The van der Waals surface area contributed by atoms with Gasteiger partial charge in [-0.25, -0.2) is 0 Å². The predicted molar refractivity (Wildman–Crippen MR) is 55.2 cm³/mol. The van der Waals surface area contributed by atoms with Gasteiger partial charge in [-0.15, -0.1) is 11.3 Å². The average molecular weight is 214 g/mol. The van der Waals surface area contributed by atoms with Crippen molar-refractivity contribution in [1.29, 1.82) is 0 Å². The molecule has 1 heterocycles. The van der Waals surface area contributed by atoms with Crippen molar-refractivity contribution >= 4 is 17.3 Å². The molecular weight excluding hydrogens is 200 g/mol. The number of hydrogen-bond donors (Lipinski definition) is 2. The third kappa shape index (κ3) is 3.43. The number of carboxylic acids is 1. The van der Waals surface area contributed by atoms with Crippen LogP contribution in [0.1, 0.15) is 17.7 Å². The monoisotopic (exact) mass is 214 g/mol. The molecule has 1 unspecified atom stereocenters. The van der Waals surface area contributed by atoms with Crippen LogP contribution in [0.5, 0.6) is 0 Å². The van der Waals surface area contributed by atoms with E-state index in [1.165, 1.54) is 11.3 Å². The minimum atomic E-state index is -0.744. The highest BCUT2D eigenvalue weighted by Crippen LogP contribution is 2.16. The van der Waals surface area contributed by atoms with E-state index in [1.807, 2.05) is 0 Å². The fraction of sp³-hybridized carbons (Fsp3) is 0.556. The minimum Gasteiger partial charge on any atom is -0.481 e. The maximum absolute atomic E-state index is 10.9. The molecule has 1 aromatic rings. The van der Waals surface area contributed by atoms with Gasteiger partial charge in [-0.3, -0.25) is 9.78 Å². The highest BCUT2D eigenvalue weighted by atomic mass is 32.1. The van der Waals surface area contributed by atoms with Gasteiger partial charge in [0.25, 0.3) is 0 Å². The Balaban J connectivity index is 2.47. The summed E-state index contributed by atoms with van der Waals surface area (Å²) >= 11 is 1.50. The van der Waals surface area contributed by atoms with Crippen LogP contribution in [-0.4, -0.2) is 22.6 Å². The molecule has 0 amide bonds. The molecule has 0 aromatic carbocycles. The van der Waals surface area contributed by atoms with E-state index in [0.29, 0.717) is 19.4 Å². The Labute approximate surface area is 86.8 Å². The summed E-state index contributed by atoms with van der Waals surface area (Å²) in [5.41, 5.74) is 7.07. The van der Waals surface area contributed by atoms with Crippen LogP contribution in [0, 0.1) is 5.92 Å². The lowest BCUT2D eigenvalue weighted by Gasteiger charge is -2.09. The number of carbonyl (C=O) groups is 1. The lowest BCUT2D eigenvalue weighted by Crippen LogP contribution is -2.17. The molecule has 0 bridgehead atoms. The summed E-state index contributed by atoms with van der Waals surface area (Å²) < 4.78 is 0. The number of aliphatic carboxylic acids is 1. The molecule has 4 nitrogen and oxygen atoms in total. The minimum absolute atomic E-state index is 0.320. The normalized spacial score (nSPS) is 12.6. The van der Waals surface area contributed by atoms with Crippen molar-refractivity contribution in [2.75, 3.05) is 6.54 Å². The largest absolute Gasteiger partial charge is 0.481 e. The molecule has 0 saturated heterocycles. The molecule has 3 N–H and O–H groups in total. The zero-order chi connectivity index (χ0) is 10.4. The Morgan fingerprint density at radius 3 is 3.00 bits per heavy atom. The van der Waals surface area contributed by atoms with E-state index >= 15 is 0 Å². The number of thiazole rings is 1. The summed E-state index contributed by atoms with van der Waals surface area (Å²) in [4.78, 5) is 15.8. The maximum atomic E-state index is 10.9. The lowest BCUT2D eigenvalue weighted by atomic mass is 9.99. The molecule has 78 valence electrons. The first-order chi connectivity index (χ1) is 6.74. The average Bonchev–Trinajstić information content (AvgIpc) is 2.64. The molecule has 1 atom stereocenters. The first-order valence-corrected chi connectivity index (χ1v) is 5.42. The van der Waals surface area contributed by atoms with Crippen LogP contribution >= 0.6 is 11.3 Å². The molecule has 0 fully saturated rings. The molecule has 1 aromatic heterocycles. The molecule has 1 rings (SSSR count). The third-order valence-electron chi connectivity index (χ3n) is 2.04. The Morgan fingerprint density at radius 1 is 1.71 bits per heavy atom. The highest BCUT2D eigenvalue weighted by molar-refractivity contribution is 7.09. The Hall–Kier alpha value is -0.940. The first-order valence-electron chi connectivity index (χ1n) is 4.54. The van der Waals surface area contributed by atoms with Gasteiger partial charge in [0.05, 0.1) is 11.4 Å². The summed E-state index contributed by atoms with van der Waals surface area (Å²) in [5, 5.41) is 8.94. The van der Waals surface area contributed by atoms with Crippen molar-refractivity contribution in [3.05, 3.63) is 16.6 Å². The maximum Gasteiger partial charge on any atom is 0.306 e. The van der Waals surface area contributed by atoms with Crippen LogP contribution in [0.2, 0.25) is 0 Å². The van der Waals surface area contributed by atoms with Crippen LogP contribution in [0.25, 0.3) is 0 Å². The summed E-state index contributed by atoms with van der Waals surface area (Å²) in [7, 11) is 0. The lowest BCUT2D eigenvalue weighted by molar-refractivity contribution is -0.141. The van der Waals surface area contributed by atoms with E-state index in [-0.39, 0.29) is 5.92 Å². The van der Waals surface area contributed by atoms with Gasteiger partial charge in [-0.1, -0.05) is 0 Å². The molecule has 0 radical (unpaired) electrons. The van der Waals surface area contributed by atoms with Gasteiger partial charge in [0, 0.05) is 11.1 Å². The number of hydrogen-bond acceptors (Lipinski definition) is 4. The molecule has 0 saturated carbocycles. The quantitative estimate of drug-likeness (QED) is 0.744. The molecule has 0 spiro atoms. The number of carboxylic acid groups (broad SMARTS) is 1. The van der Waals surface area contributed by atoms with E-state index in [0.717, 1.165) is 11.3 Å².